The van der Waals surface area contributed by atoms with Gasteiger partial charge in [-0.1, -0.05) is 6.92 Å². The fourth-order valence-corrected chi connectivity index (χ4v) is 1.75. The zero-order valence-corrected chi connectivity index (χ0v) is 8.47. The molecule has 0 aliphatic heterocycles. The van der Waals surface area contributed by atoms with Gasteiger partial charge < -0.3 is 5.11 Å². The molecule has 1 aromatic rings. The first-order valence-electron chi connectivity index (χ1n) is 3.98. The van der Waals surface area contributed by atoms with Gasteiger partial charge in [0.2, 0.25) is 0 Å². The first-order chi connectivity index (χ1) is 6.16. The molecule has 1 aromatic heterocycles. The number of nitrogens with zero attached hydrogens (tertiary/aromatic N) is 2. The second-order valence-electron chi connectivity index (χ2n) is 2.57. The van der Waals surface area contributed by atoms with Crippen LogP contribution in [0, 0.1) is 0 Å². The Bertz CT molecular complexity index is 309. The Labute approximate surface area is 80.9 Å². The average Bonchev–Trinajstić information content (AvgIpc) is 2.43. The number of carbonyl (C=O) groups is 1. The molecule has 0 saturated heterocycles. The minimum Gasteiger partial charge on any atom is -0.478 e. The van der Waals surface area contributed by atoms with Crippen LogP contribution in [0.5, 0.6) is 0 Å². The maximum atomic E-state index is 10.7. The molecular weight excluding hydrogens is 188 g/mol. The van der Waals surface area contributed by atoms with Crippen LogP contribution >= 0.6 is 11.8 Å². The van der Waals surface area contributed by atoms with Crippen LogP contribution in [0.2, 0.25) is 0 Å². The molecule has 0 atom stereocenters. The molecule has 1 heterocycles. The normalized spacial score (nSPS) is 10.3. The maximum absolute atomic E-state index is 10.7. The summed E-state index contributed by atoms with van der Waals surface area (Å²) in [5.41, 5.74) is 1.09. The van der Waals surface area contributed by atoms with E-state index in [0.717, 1.165) is 11.4 Å². The average molecular weight is 200 g/mol. The predicted molar refractivity (Wildman–Crippen MR) is 52.0 cm³/mol. The largest absolute Gasteiger partial charge is 0.478 e. The Hall–Kier alpha value is -0.970. The van der Waals surface area contributed by atoms with Crippen molar-refractivity contribution in [1.82, 2.24) is 9.78 Å². The van der Waals surface area contributed by atoms with Crippen LogP contribution in [-0.2, 0) is 12.8 Å². The van der Waals surface area contributed by atoms with E-state index in [9.17, 15) is 4.79 Å². The summed E-state index contributed by atoms with van der Waals surface area (Å²) in [6.45, 7) is 2.04. The van der Waals surface area contributed by atoms with Crippen LogP contribution < -0.4 is 0 Å². The molecule has 1 rings (SSSR count). The number of hydrogen-bond donors (Lipinski definition) is 1. The summed E-state index contributed by atoms with van der Waals surface area (Å²) in [5, 5.41) is 12.7. The van der Waals surface area contributed by atoms with Crippen LogP contribution in [0.15, 0.2) is 6.20 Å². The Kier molecular flexibility index (Phi) is 3.36. The highest BCUT2D eigenvalue weighted by Gasteiger charge is 2.13. The number of aromatic nitrogens is 2. The van der Waals surface area contributed by atoms with Gasteiger partial charge in [-0.25, -0.2) is 4.79 Å². The predicted octanol–water partition coefficient (Wildman–Crippen LogP) is 1.37. The fourth-order valence-electron chi connectivity index (χ4n) is 1.01. The highest BCUT2D eigenvalue weighted by atomic mass is 32.2. The lowest BCUT2D eigenvalue weighted by Crippen LogP contribution is -2.03. The number of carboxylic acid groups (broad SMARTS) is 1. The lowest BCUT2D eigenvalue weighted by molar-refractivity contribution is 0.0696. The van der Waals surface area contributed by atoms with Gasteiger partial charge in [0.05, 0.1) is 11.9 Å². The molecular formula is C8H12N2O2S. The molecule has 0 radical (unpaired) electrons. The molecule has 4 nitrogen and oxygen atoms in total. The molecule has 72 valence electrons. The van der Waals surface area contributed by atoms with Crippen molar-refractivity contribution in [3.63, 3.8) is 0 Å². The van der Waals surface area contributed by atoms with Crippen LogP contribution in [0.25, 0.3) is 0 Å². The van der Waals surface area contributed by atoms with Gasteiger partial charge >= 0.3 is 5.97 Å². The molecule has 0 spiro atoms. The van der Waals surface area contributed by atoms with Crippen molar-refractivity contribution in [2.24, 2.45) is 7.05 Å². The van der Waals surface area contributed by atoms with Gasteiger partial charge in [-0.3, -0.25) is 4.68 Å². The van der Waals surface area contributed by atoms with E-state index in [1.807, 2.05) is 6.92 Å². The summed E-state index contributed by atoms with van der Waals surface area (Å²) >= 11 is 1.69. The van der Waals surface area contributed by atoms with Gasteiger partial charge in [-0.05, 0) is 5.75 Å². The van der Waals surface area contributed by atoms with E-state index >= 15 is 0 Å². The van der Waals surface area contributed by atoms with Crippen LogP contribution in [-0.4, -0.2) is 26.6 Å². The first-order valence-corrected chi connectivity index (χ1v) is 5.14. The Morgan fingerprint density at radius 2 is 2.46 bits per heavy atom. The van der Waals surface area contributed by atoms with Crippen molar-refractivity contribution in [3.8, 4) is 0 Å². The van der Waals surface area contributed by atoms with Gasteiger partial charge in [0.1, 0.15) is 5.56 Å². The number of rotatable bonds is 4. The molecule has 0 fully saturated rings. The van der Waals surface area contributed by atoms with Crippen LogP contribution in [0.1, 0.15) is 23.0 Å². The second kappa shape index (κ2) is 4.32. The Morgan fingerprint density at radius 3 is 3.00 bits per heavy atom. The Morgan fingerprint density at radius 1 is 1.77 bits per heavy atom. The maximum Gasteiger partial charge on any atom is 0.339 e. The second-order valence-corrected chi connectivity index (χ2v) is 3.85. The number of hydrogen-bond acceptors (Lipinski definition) is 3. The van der Waals surface area contributed by atoms with Crippen molar-refractivity contribution >= 4 is 17.7 Å². The van der Waals surface area contributed by atoms with Gasteiger partial charge in [0.25, 0.3) is 0 Å². The van der Waals surface area contributed by atoms with Crippen LogP contribution in [0.4, 0.5) is 0 Å². The third kappa shape index (κ3) is 2.24. The molecule has 0 amide bonds. The van der Waals surface area contributed by atoms with E-state index in [1.54, 1.807) is 23.5 Å². The quantitative estimate of drug-likeness (QED) is 0.797. The number of thioether (sulfide) groups is 1. The minimum absolute atomic E-state index is 0.309. The zero-order chi connectivity index (χ0) is 9.84. The summed E-state index contributed by atoms with van der Waals surface area (Å²) in [6.07, 6.45) is 1.40. The molecule has 0 aromatic carbocycles. The number of aromatic carboxylic acids is 1. The molecule has 0 saturated carbocycles. The van der Waals surface area contributed by atoms with E-state index < -0.39 is 5.97 Å². The summed E-state index contributed by atoms with van der Waals surface area (Å²) in [7, 11) is 1.76. The SMILES string of the molecule is CCSCc1c(C(=O)O)cnn1C. The van der Waals surface area contributed by atoms with E-state index in [-0.39, 0.29) is 0 Å². The van der Waals surface area contributed by atoms with Gasteiger partial charge in [-0.2, -0.15) is 16.9 Å². The third-order valence-corrected chi connectivity index (χ3v) is 2.62. The van der Waals surface area contributed by atoms with Crippen molar-refractivity contribution in [1.29, 1.82) is 0 Å². The summed E-state index contributed by atoms with van der Waals surface area (Å²) < 4.78 is 1.62. The molecule has 0 unspecified atom stereocenters. The zero-order valence-electron chi connectivity index (χ0n) is 7.65. The van der Waals surface area contributed by atoms with Crippen molar-refractivity contribution in [2.75, 3.05) is 5.75 Å². The lowest BCUT2D eigenvalue weighted by Gasteiger charge is -2.01. The monoisotopic (exact) mass is 200 g/mol. The van der Waals surface area contributed by atoms with Crippen LogP contribution in [0.3, 0.4) is 0 Å². The van der Waals surface area contributed by atoms with Gasteiger partial charge in [-0.15, -0.1) is 0 Å². The number of aryl methyl sites for hydroxylation is 1. The van der Waals surface area contributed by atoms with Gasteiger partial charge in [0.15, 0.2) is 0 Å². The molecule has 0 bridgehead atoms. The Balaban J connectivity index is 2.88. The molecule has 13 heavy (non-hydrogen) atoms. The summed E-state index contributed by atoms with van der Waals surface area (Å²) in [5.74, 6) is 0.776. The number of carboxylic acids is 1. The van der Waals surface area contributed by atoms with Gasteiger partial charge in [0, 0.05) is 12.8 Å². The molecule has 0 aliphatic carbocycles. The highest BCUT2D eigenvalue weighted by molar-refractivity contribution is 7.98. The van der Waals surface area contributed by atoms with Crippen molar-refractivity contribution in [2.45, 2.75) is 12.7 Å². The van der Waals surface area contributed by atoms with Crippen molar-refractivity contribution in [3.05, 3.63) is 17.5 Å². The fraction of sp³-hybridized carbons (Fsp3) is 0.500. The summed E-state index contributed by atoms with van der Waals surface area (Å²) in [6, 6.07) is 0. The van der Waals surface area contributed by atoms with E-state index in [4.69, 9.17) is 5.11 Å². The topological polar surface area (TPSA) is 55.1 Å². The van der Waals surface area contributed by atoms with E-state index in [2.05, 4.69) is 5.10 Å². The minimum atomic E-state index is -0.903. The molecule has 1 N–H and O–H groups in total. The smallest absolute Gasteiger partial charge is 0.339 e. The molecule has 0 aliphatic rings. The molecule has 5 heteroatoms. The van der Waals surface area contributed by atoms with Crippen molar-refractivity contribution < 1.29 is 9.90 Å². The lowest BCUT2D eigenvalue weighted by atomic mass is 10.3. The highest BCUT2D eigenvalue weighted by Crippen LogP contribution is 2.15. The van der Waals surface area contributed by atoms with E-state index in [0.29, 0.717) is 11.3 Å². The summed E-state index contributed by atoms with van der Waals surface area (Å²) in [4.78, 5) is 10.7. The van der Waals surface area contributed by atoms with E-state index in [1.165, 1.54) is 6.20 Å². The third-order valence-electron chi connectivity index (χ3n) is 1.73. The standard InChI is InChI=1S/C8H12N2O2S/c1-3-13-5-7-6(8(11)12)4-9-10(7)2/h4H,3,5H2,1-2H3,(H,11,12). The first kappa shape index (κ1) is 10.1.